The predicted octanol–water partition coefficient (Wildman–Crippen LogP) is 2.71. The van der Waals surface area contributed by atoms with Gasteiger partial charge in [0.25, 0.3) is 0 Å². The summed E-state index contributed by atoms with van der Waals surface area (Å²) in [5.41, 5.74) is 3.84. The molecular formula is C20H30IN3O2S. The smallest absolute Gasteiger partial charge is 0.191 e. The van der Waals surface area contributed by atoms with Crippen LogP contribution in [0, 0.1) is 5.92 Å². The number of fused-ring (bicyclic) bond motifs is 1. The highest BCUT2D eigenvalue weighted by Gasteiger charge is 2.28. The summed E-state index contributed by atoms with van der Waals surface area (Å²) in [4.78, 5) is 4.62. The van der Waals surface area contributed by atoms with Crippen molar-refractivity contribution in [2.45, 2.75) is 38.6 Å². The Kier molecular flexibility index (Phi) is 8.15. The minimum atomic E-state index is -2.84. The largest absolute Gasteiger partial charge is 0.356 e. The fourth-order valence-electron chi connectivity index (χ4n) is 3.65. The molecule has 5 nitrogen and oxygen atoms in total. The van der Waals surface area contributed by atoms with Crippen LogP contribution in [0.25, 0.3) is 0 Å². The molecule has 1 saturated heterocycles. The molecule has 1 fully saturated rings. The van der Waals surface area contributed by atoms with Crippen LogP contribution < -0.4 is 10.6 Å². The van der Waals surface area contributed by atoms with Gasteiger partial charge in [-0.3, -0.25) is 0 Å². The van der Waals surface area contributed by atoms with E-state index in [1.54, 1.807) is 0 Å². The van der Waals surface area contributed by atoms with E-state index in [0.717, 1.165) is 37.2 Å². The predicted molar refractivity (Wildman–Crippen MR) is 123 cm³/mol. The zero-order valence-corrected chi connectivity index (χ0v) is 19.1. The average Bonchev–Trinajstić information content (AvgIpc) is 2.96. The number of aliphatic imine (C=N–C) groups is 1. The molecule has 2 atom stereocenters. The lowest BCUT2D eigenvalue weighted by molar-refractivity contribution is 0.510. The maximum absolute atomic E-state index is 11.6. The van der Waals surface area contributed by atoms with E-state index in [2.05, 4.69) is 46.5 Å². The average molecular weight is 503 g/mol. The van der Waals surface area contributed by atoms with Crippen LogP contribution in [0.2, 0.25) is 0 Å². The van der Waals surface area contributed by atoms with Crippen LogP contribution in [-0.2, 0) is 22.7 Å². The van der Waals surface area contributed by atoms with Gasteiger partial charge in [0.05, 0.1) is 18.1 Å². The lowest BCUT2D eigenvalue weighted by Gasteiger charge is -2.27. The van der Waals surface area contributed by atoms with Crippen LogP contribution in [0.4, 0.5) is 0 Å². The number of guanidine groups is 1. The first-order valence-electron chi connectivity index (χ1n) is 9.38. The Balaban J connectivity index is 0.00000261. The van der Waals surface area contributed by atoms with Gasteiger partial charge in [-0.2, -0.15) is 0 Å². The third-order valence-corrected chi connectivity index (χ3v) is 6.92. The quantitative estimate of drug-likeness (QED) is 0.281. The van der Waals surface area contributed by atoms with Gasteiger partial charge < -0.3 is 10.6 Å². The molecule has 1 heterocycles. The molecule has 0 amide bonds. The molecule has 3 rings (SSSR count). The van der Waals surface area contributed by atoms with E-state index in [4.69, 9.17) is 0 Å². The number of sulfone groups is 1. The molecule has 2 N–H and O–H groups in total. The summed E-state index contributed by atoms with van der Waals surface area (Å²) in [5, 5.41) is 6.90. The number of rotatable bonds is 5. The lowest BCUT2D eigenvalue weighted by atomic mass is 9.88. The normalized spacial score (nSPS) is 23.8. The second kappa shape index (κ2) is 9.91. The van der Waals surface area contributed by atoms with Crippen molar-refractivity contribution in [2.75, 3.05) is 24.6 Å². The van der Waals surface area contributed by atoms with Gasteiger partial charge in [-0.15, -0.1) is 24.0 Å². The highest BCUT2D eigenvalue weighted by molar-refractivity contribution is 14.0. The van der Waals surface area contributed by atoms with Gasteiger partial charge in [0, 0.05) is 12.6 Å². The molecule has 2 aliphatic rings. The Morgan fingerprint density at radius 1 is 1.26 bits per heavy atom. The molecule has 1 aliphatic carbocycles. The van der Waals surface area contributed by atoms with Gasteiger partial charge in [-0.25, -0.2) is 13.4 Å². The Hall–Kier alpha value is -1.09. The maximum atomic E-state index is 11.6. The summed E-state index contributed by atoms with van der Waals surface area (Å²) in [7, 11) is -2.84. The number of benzene rings is 1. The summed E-state index contributed by atoms with van der Waals surface area (Å²) in [6.07, 6.45) is 3.87. The summed E-state index contributed by atoms with van der Waals surface area (Å²) in [6.45, 7) is 7.09. The van der Waals surface area contributed by atoms with Gasteiger partial charge in [0.2, 0.25) is 0 Å². The van der Waals surface area contributed by atoms with E-state index in [0.29, 0.717) is 24.9 Å². The molecule has 0 saturated carbocycles. The summed E-state index contributed by atoms with van der Waals surface area (Å²) in [5.74, 6) is 1.53. The van der Waals surface area contributed by atoms with E-state index in [1.807, 2.05) is 6.92 Å². The highest BCUT2D eigenvalue weighted by atomic mass is 127. The number of hydrogen-bond acceptors (Lipinski definition) is 3. The van der Waals surface area contributed by atoms with Crippen LogP contribution in [0.1, 0.15) is 30.9 Å². The van der Waals surface area contributed by atoms with Crippen molar-refractivity contribution in [3.63, 3.8) is 0 Å². The molecule has 0 aromatic heterocycles. The molecule has 0 spiro atoms. The van der Waals surface area contributed by atoms with Crippen molar-refractivity contribution in [1.29, 1.82) is 0 Å². The van der Waals surface area contributed by atoms with E-state index < -0.39 is 9.84 Å². The third-order valence-electron chi connectivity index (χ3n) is 5.08. The second-order valence-corrected chi connectivity index (χ2v) is 9.85. The van der Waals surface area contributed by atoms with Crippen LogP contribution >= 0.6 is 24.0 Å². The first kappa shape index (κ1) is 22.2. The van der Waals surface area contributed by atoms with E-state index in [9.17, 15) is 8.42 Å². The first-order chi connectivity index (χ1) is 12.4. The zero-order chi connectivity index (χ0) is 18.6. The molecule has 150 valence electrons. The lowest BCUT2D eigenvalue weighted by Crippen LogP contribution is -2.47. The molecule has 0 radical (unpaired) electrons. The standard InChI is InChI=1S/C20H29N3O2S.HI/c1-15(2)12-21-20(22-13-16-9-10-26(24,25)14-16)23-19-8-7-17-5-3-4-6-18(17)11-19;/h3-6,16,19H,1,7-14H2,2H3,(H2,21,22,23);1H. The van der Waals surface area contributed by atoms with Crippen molar-refractivity contribution in [2.24, 2.45) is 10.9 Å². The molecule has 1 aromatic rings. The number of nitrogens with one attached hydrogen (secondary N) is 2. The molecule has 0 bridgehead atoms. The van der Waals surface area contributed by atoms with E-state index in [-0.39, 0.29) is 35.6 Å². The molecule has 1 aliphatic heterocycles. The van der Waals surface area contributed by atoms with Crippen molar-refractivity contribution in [3.8, 4) is 0 Å². The van der Waals surface area contributed by atoms with E-state index >= 15 is 0 Å². The van der Waals surface area contributed by atoms with Crippen molar-refractivity contribution < 1.29 is 8.42 Å². The monoisotopic (exact) mass is 503 g/mol. The van der Waals surface area contributed by atoms with Gasteiger partial charge in [0.15, 0.2) is 15.8 Å². The third kappa shape index (κ3) is 6.78. The number of nitrogens with zero attached hydrogens (tertiary/aromatic N) is 1. The van der Waals surface area contributed by atoms with Crippen LogP contribution in [0.5, 0.6) is 0 Å². The summed E-state index contributed by atoms with van der Waals surface area (Å²) in [6, 6.07) is 8.94. The molecule has 7 heteroatoms. The Morgan fingerprint density at radius 3 is 2.67 bits per heavy atom. The van der Waals surface area contributed by atoms with Crippen molar-refractivity contribution in [3.05, 3.63) is 47.5 Å². The Bertz CT molecular complexity index is 792. The number of halogens is 1. The highest BCUT2D eigenvalue weighted by Crippen LogP contribution is 2.21. The van der Waals surface area contributed by atoms with Gasteiger partial charge in [-0.1, -0.05) is 36.4 Å². The van der Waals surface area contributed by atoms with Gasteiger partial charge >= 0.3 is 0 Å². The van der Waals surface area contributed by atoms with Gasteiger partial charge in [0.1, 0.15) is 0 Å². The molecular weight excluding hydrogens is 473 g/mol. The molecule has 1 aromatic carbocycles. The Labute approximate surface area is 180 Å². The van der Waals surface area contributed by atoms with E-state index in [1.165, 1.54) is 11.1 Å². The van der Waals surface area contributed by atoms with Crippen molar-refractivity contribution >= 4 is 39.8 Å². The minimum absolute atomic E-state index is 0. The van der Waals surface area contributed by atoms with Crippen LogP contribution in [0.3, 0.4) is 0 Å². The SMILES string of the molecule is C=C(C)CN=C(NCC1CCS(=O)(=O)C1)NC1CCc2ccccc2C1.I. The fourth-order valence-corrected chi connectivity index (χ4v) is 5.52. The first-order valence-corrected chi connectivity index (χ1v) is 11.2. The fraction of sp³-hybridized carbons (Fsp3) is 0.550. The Morgan fingerprint density at radius 2 is 2.00 bits per heavy atom. The zero-order valence-electron chi connectivity index (χ0n) is 15.9. The summed E-state index contributed by atoms with van der Waals surface area (Å²) < 4.78 is 23.3. The van der Waals surface area contributed by atoms with Crippen LogP contribution in [0.15, 0.2) is 41.4 Å². The van der Waals surface area contributed by atoms with Gasteiger partial charge in [-0.05, 0) is 49.7 Å². The number of hydrogen-bond donors (Lipinski definition) is 2. The molecule has 2 unspecified atom stereocenters. The minimum Gasteiger partial charge on any atom is -0.356 e. The molecule has 27 heavy (non-hydrogen) atoms. The maximum Gasteiger partial charge on any atom is 0.191 e. The van der Waals surface area contributed by atoms with Crippen LogP contribution in [-0.4, -0.2) is 45.0 Å². The summed E-state index contributed by atoms with van der Waals surface area (Å²) >= 11 is 0. The van der Waals surface area contributed by atoms with Crippen molar-refractivity contribution in [1.82, 2.24) is 10.6 Å². The topological polar surface area (TPSA) is 70.6 Å². The number of aryl methyl sites for hydroxylation is 1. The second-order valence-electron chi connectivity index (χ2n) is 7.62.